The van der Waals surface area contributed by atoms with Crippen LogP contribution in [0.25, 0.3) is 0 Å². The van der Waals surface area contributed by atoms with Gasteiger partial charge in [0.25, 0.3) is 0 Å². The molecule has 2 aromatic heterocycles. The molecule has 2 aliphatic carbocycles. The van der Waals surface area contributed by atoms with Crippen molar-refractivity contribution in [3.8, 4) is 0 Å². The average molecular weight is 341 g/mol. The molecule has 134 valence electrons. The van der Waals surface area contributed by atoms with Gasteiger partial charge in [0.1, 0.15) is 0 Å². The fourth-order valence-corrected chi connectivity index (χ4v) is 5.52. The predicted octanol–water partition coefficient (Wildman–Crippen LogP) is 2.54. The molecule has 2 atom stereocenters. The predicted molar refractivity (Wildman–Crippen MR) is 93.2 cm³/mol. The first-order valence-electron chi connectivity index (χ1n) is 9.72. The molecule has 0 spiro atoms. The van der Waals surface area contributed by atoms with E-state index in [9.17, 15) is 0 Å². The lowest BCUT2D eigenvalue weighted by molar-refractivity contribution is 0.242. The third-order valence-electron chi connectivity index (χ3n) is 6.72. The maximum absolute atomic E-state index is 5.65. The van der Waals surface area contributed by atoms with Crippen molar-refractivity contribution in [1.29, 1.82) is 0 Å². The highest BCUT2D eigenvalue weighted by Gasteiger charge is 2.54. The lowest BCUT2D eigenvalue weighted by Crippen LogP contribution is -2.32. The SMILES string of the molecule is Cc1noc([C@]23CCC[C@H]2CN(Cc2c4c(nn2C)CCCC4)C3)n1. The average Bonchev–Trinajstić information content (AvgIpc) is 3.31. The van der Waals surface area contributed by atoms with E-state index in [0.717, 1.165) is 37.8 Å². The highest BCUT2D eigenvalue weighted by molar-refractivity contribution is 5.29. The van der Waals surface area contributed by atoms with Crippen LogP contribution in [0.4, 0.5) is 0 Å². The van der Waals surface area contributed by atoms with Gasteiger partial charge >= 0.3 is 0 Å². The molecule has 3 aliphatic rings. The number of hydrogen-bond acceptors (Lipinski definition) is 5. The molecule has 6 nitrogen and oxygen atoms in total. The second kappa shape index (κ2) is 5.66. The van der Waals surface area contributed by atoms with E-state index in [-0.39, 0.29) is 5.41 Å². The number of fused-ring (bicyclic) bond motifs is 2. The first-order valence-corrected chi connectivity index (χ1v) is 9.72. The molecule has 0 amide bonds. The van der Waals surface area contributed by atoms with Crippen molar-refractivity contribution in [3.63, 3.8) is 0 Å². The summed E-state index contributed by atoms with van der Waals surface area (Å²) in [5, 5.41) is 8.86. The highest BCUT2D eigenvalue weighted by Crippen LogP contribution is 2.50. The van der Waals surface area contributed by atoms with Gasteiger partial charge in [0, 0.05) is 26.7 Å². The number of hydrogen-bond donors (Lipinski definition) is 0. The molecule has 5 rings (SSSR count). The Balaban J connectivity index is 1.41. The second-order valence-corrected chi connectivity index (χ2v) is 8.26. The van der Waals surface area contributed by atoms with Gasteiger partial charge in [0.2, 0.25) is 5.89 Å². The summed E-state index contributed by atoms with van der Waals surface area (Å²) in [6.07, 6.45) is 8.68. The van der Waals surface area contributed by atoms with Gasteiger partial charge in [-0.15, -0.1) is 0 Å². The monoisotopic (exact) mass is 341 g/mol. The number of nitrogens with zero attached hydrogens (tertiary/aromatic N) is 5. The normalized spacial score (nSPS) is 29.1. The Hall–Kier alpha value is -1.69. The number of aryl methyl sites for hydroxylation is 3. The zero-order valence-electron chi connectivity index (χ0n) is 15.3. The van der Waals surface area contributed by atoms with Crippen molar-refractivity contribution < 1.29 is 4.52 Å². The fourth-order valence-electron chi connectivity index (χ4n) is 5.52. The Morgan fingerprint density at radius 2 is 2.12 bits per heavy atom. The van der Waals surface area contributed by atoms with E-state index in [2.05, 4.69) is 26.8 Å². The van der Waals surface area contributed by atoms with E-state index in [0.29, 0.717) is 5.92 Å². The van der Waals surface area contributed by atoms with Crippen LogP contribution in [0.2, 0.25) is 0 Å². The maximum atomic E-state index is 5.65. The molecule has 0 radical (unpaired) electrons. The minimum atomic E-state index is 0.0832. The Kier molecular flexibility index (Phi) is 3.52. The summed E-state index contributed by atoms with van der Waals surface area (Å²) in [6, 6.07) is 0. The topological polar surface area (TPSA) is 60.0 Å². The van der Waals surface area contributed by atoms with Gasteiger partial charge < -0.3 is 4.52 Å². The summed E-state index contributed by atoms with van der Waals surface area (Å²) >= 11 is 0. The van der Waals surface area contributed by atoms with Crippen molar-refractivity contribution in [1.82, 2.24) is 24.8 Å². The van der Waals surface area contributed by atoms with Gasteiger partial charge in [-0.1, -0.05) is 11.6 Å². The number of rotatable bonds is 3. The van der Waals surface area contributed by atoms with Gasteiger partial charge in [0.15, 0.2) is 5.82 Å². The van der Waals surface area contributed by atoms with Crippen LogP contribution < -0.4 is 0 Å². The van der Waals surface area contributed by atoms with E-state index in [1.165, 1.54) is 55.5 Å². The molecular weight excluding hydrogens is 314 g/mol. The zero-order chi connectivity index (χ0) is 17.0. The van der Waals surface area contributed by atoms with Gasteiger partial charge in [-0.2, -0.15) is 10.1 Å². The molecule has 0 bridgehead atoms. The van der Waals surface area contributed by atoms with Crippen molar-refractivity contribution >= 4 is 0 Å². The van der Waals surface area contributed by atoms with Crippen molar-refractivity contribution in [2.45, 2.75) is 63.8 Å². The van der Waals surface area contributed by atoms with E-state index in [1.54, 1.807) is 0 Å². The Morgan fingerprint density at radius 3 is 2.96 bits per heavy atom. The highest BCUT2D eigenvalue weighted by atomic mass is 16.5. The Bertz CT molecular complexity index is 794. The molecule has 2 fully saturated rings. The molecule has 0 N–H and O–H groups in total. The van der Waals surface area contributed by atoms with Crippen LogP contribution >= 0.6 is 0 Å². The summed E-state index contributed by atoms with van der Waals surface area (Å²) in [5.41, 5.74) is 4.37. The van der Waals surface area contributed by atoms with Crippen LogP contribution in [0, 0.1) is 12.8 Å². The summed E-state index contributed by atoms with van der Waals surface area (Å²) in [5.74, 6) is 2.28. The van der Waals surface area contributed by atoms with Crippen molar-refractivity contribution in [2.75, 3.05) is 13.1 Å². The van der Waals surface area contributed by atoms with E-state index < -0.39 is 0 Å². The van der Waals surface area contributed by atoms with Crippen LogP contribution in [0.3, 0.4) is 0 Å². The van der Waals surface area contributed by atoms with E-state index in [1.807, 2.05) is 6.92 Å². The molecule has 3 heterocycles. The Morgan fingerprint density at radius 1 is 1.24 bits per heavy atom. The van der Waals surface area contributed by atoms with Crippen LogP contribution in [0.15, 0.2) is 4.52 Å². The maximum Gasteiger partial charge on any atom is 0.234 e. The van der Waals surface area contributed by atoms with Gasteiger partial charge in [-0.25, -0.2) is 0 Å². The fraction of sp³-hybridized carbons (Fsp3) is 0.737. The summed E-state index contributed by atoms with van der Waals surface area (Å²) < 4.78 is 7.78. The van der Waals surface area contributed by atoms with Crippen molar-refractivity contribution in [2.24, 2.45) is 13.0 Å². The summed E-state index contributed by atoms with van der Waals surface area (Å²) in [4.78, 5) is 7.23. The molecule has 6 heteroatoms. The lowest BCUT2D eigenvalue weighted by atomic mass is 9.80. The molecule has 1 aliphatic heterocycles. The first-order chi connectivity index (χ1) is 12.2. The van der Waals surface area contributed by atoms with E-state index in [4.69, 9.17) is 9.62 Å². The molecule has 2 aromatic rings. The summed E-state index contributed by atoms with van der Waals surface area (Å²) in [7, 11) is 2.11. The van der Waals surface area contributed by atoms with Gasteiger partial charge in [0.05, 0.1) is 16.8 Å². The summed E-state index contributed by atoms with van der Waals surface area (Å²) in [6.45, 7) is 5.10. The minimum Gasteiger partial charge on any atom is -0.339 e. The minimum absolute atomic E-state index is 0.0832. The zero-order valence-corrected chi connectivity index (χ0v) is 15.3. The van der Waals surface area contributed by atoms with Crippen LogP contribution in [-0.4, -0.2) is 37.9 Å². The lowest BCUT2D eigenvalue weighted by Gasteiger charge is -2.24. The third-order valence-corrected chi connectivity index (χ3v) is 6.72. The molecule has 1 saturated heterocycles. The quantitative estimate of drug-likeness (QED) is 0.859. The van der Waals surface area contributed by atoms with Gasteiger partial charge in [-0.3, -0.25) is 9.58 Å². The largest absolute Gasteiger partial charge is 0.339 e. The second-order valence-electron chi connectivity index (χ2n) is 8.26. The number of aromatic nitrogens is 4. The van der Waals surface area contributed by atoms with Gasteiger partial charge in [-0.05, 0) is 56.9 Å². The first kappa shape index (κ1) is 15.6. The van der Waals surface area contributed by atoms with Crippen molar-refractivity contribution in [3.05, 3.63) is 28.7 Å². The van der Waals surface area contributed by atoms with E-state index >= 15 is 0 Å². The van der Waals surface area contributed by atoms with Crippen LogP contribution in [-0.2, 0) is 31.8 Å². The molecule has 1 saturated carbocycles. The molecule has 0 aromatic carbocycles. The van der Waals surface area contributed by atoms with Crippen LogP contribution in [0.5, 0.6) is 0 Å². The third kappa shape index (κ3) is 2.37. The molecule has 25 heavy (non-hydrogen) atoms. The molecule has 0 unspecified atom stereocenters. The smallest absolute Gasteiger partial charge is 0.234 e. The van der Waals surface area contributed by atoms with Crippen LogP contribution in [0.1, 0.15) is 60.8 Å². The molecular formula is C19H27N5O. The standard InChI is InChI=1S/C19H27N5O/c1-13-20-18(25-22-13)19-9-5-6-14(19)10-24(12-19)11-17-15-7-3-4-8-16(15)21-23(17)2/h14H,3-12H2,1-2H3/t14-,19-/m0/s1. The Labute approximate surface area is 148 Å². The number of likely N-dealkylation sites (tertiary alicyclic amines) is 1.